The van der Waals surface area contributed by atoms with Gasteiger partial charge in [0, 0.05) is 17.8 Å². The number of aryl methyl sites for hydroxylation is 3. The molecule has 2 amide bonds. The summed E-state index contributed by atoms with van der Waals surface area (Å²) in [4.78, 5) is 31.3. The molecule has 3 aromatic rings. The molecular weight excluding hydrogens is 362 g/mol. The van der Waals surface area contributed by atoms with Gasteiger partial charge in [0.25, 0.3) is 5.78 Å². The van der Waals surface area contributed by atoms with Gasteiger partial charge in [0.15, 0.2) is 5.16 Å². The van der Waals surface area contributed by atoms with E-state index >= 15 is 0 Å². The molecule has 0 unspecified atom stereocenters. The summed E-state index contributed by atoms with van der Waals surface area (Å²) in [6, 6.07) is 9.47. The lowest BCUT2D eigenvalue weighted by atomic mass is 10.1. The Morgan fingerprint density at radius 2 is 1.96 bits per heavy atom. The van der Waals surface area contributed by atoms with E-state index in [1.165, 1.54) is 16.7 Å². The van der Waals surface area contributed by atoms with Crippen LogP contribution in [0.3, 0.4) is 0 Å². The van der Waals surface area contributed by atoms with E-state index < -0.39 is 5.25 Å². The maximum Gasteiger partial charge on any atom is 0.256 e. The van der Waals surface area contributed by atoms with Crippen molar-refractivity contribution >= 4 is 35.0 Å². The molecule has 0 radical (unpaired) electrons. The van der Waals surface area contributed by atoms with E-state index in [1.807, 2.05) is 55.5 Å². The Hall–Kier alpha value is -2.74. The van der Waals surface area contributed by atoms with Gasteiger partial charge in [0.1, 0.15) is 5.25 Å². The van der Waals surface area contributed by atoms with Gasteiger partial charge in [-0.05, 0) is 38.0 Å². The molecule has 2 aromatic heterocycles. The van der Waals surface area contributed by atoms with Crippen LogP contribution in [0.2, 0.25) is 0 Å². The molecule has 4 rings (SSSR count). The summed E-state index contributed by atoms with van der Waals surface area (Å²) in [6.07, 6.45) is 0.902. The lowest BCUT2D eigenvalue weighted by Crippen LogP contribution is -2.32. The molecule has 1 aliphatic heterocycles. The van der Waals surface area contributed by atoms with Crippen molar-refractivity contribution in [1.82, 2.24) is 19.6 Å². The second-order valence-electron chi connectivity index (χ2n) is 6.52. The molecule has 1 saturated heterocycles. The van der Waals surface area contributed by atoms with Crippen molar-refractivity contribution in [2.45, 2.75) is 44.0 Å². The summed E-state index contributed by atoms with van der Waals surface area (Å²) < 4.78 is 1.82. The summed E-state index contributed by atoms with van der Waals surface area (Å²) in [5.41, 5.74) is 3.46. The summed E-state index contributed by atoms with van der Waals surface area (Å²) in [5.74, 6) is 0.109. The molecule has 8 heteroatoms. The monoisotopic (exact) mass is 381 g/mol. The first-order chi connectivity index (χ1) is 13.0. The number of carbonyl (C=O) groups is 2. The third-order valence-corrected chi connectivity index (χ3v) is 5.76. The molecule has 7 nitrogen and oxygen atoms in total. The highest BCUT2D eigenvalue weighted by Gasteiger charge is 2.41. The van der Waals surface area contributed by atoms with E-state index in [2.05, 4.69) is 15.2 Å². The molecule has 1 fully saturated rings. The lowest BCUT2D eigenvalue weighted by molar-refractivity contribution is -0.121. The van der Waals surface area contributed by atoms with E-state index in [-0.39, 0.29) is 18.2 Å². The van der Waals surface area contributed by atoms with Crippen LogP contribution < -0.4 is 4.90 Å². The summed E-state index contributed by atoms with van der Waals surface area (Å²) in [5, 5.41) is 8.34. The standard InChI is InChI=1S/C19H19N5O2S/c1-4-13-7-5-6-8-14(13)24-16(25)10-15(17(24)26)27-19-22-21-18-20-11(2)9-12(3)23(18)19/h5-9,15H,4,10H2,1-3H3/t15-/m0/s1. The number of fused-ring (bicyclic) bond motifs is 1. The number of hydrogen-bond donors (Lipinski definition) is 0. The summed E-state index contributed by atoms with van der Waals surface area (Å²) in [6.45, 7) is 5.85. The Morgan fingerprint density at radius 1 is 1.19 bits per heavy atom. The number of rotatable bonds is 4. The zero-order valence-electron chi connectivity index (χ0n) is 15.3. The number of carbonyl (C=O) groups excluding carboxylic acids is 2. The first-order valence-corrected chi connectivity index (χ1v) is 9.68. The highest BCUT2D eigenvalue weighted by molar-refractivity contribution is 8.00. The largest absolute Gasteiger partial charge is 0.274 e. The summed E-state index contributed by atoms with van der Waals surface area (Å²) in [7, 11) is 0. The molecule has 138 valence electrons. The third-order valence-electron chi connectivity index (χ3n) is 4.63. The van der Waals surface area contributed by atoms with Crippen LogP contribution >= 0.6 is 11.8 Å². The topological polar surface area (TPSA) is 80.5 Å². The van der Waals surface area contributed by atoms with Gasteiger partial charge in [0.2, 0.25) is 11.8 Å². The van der Waals surface area contributed by atoms with E-state index in [1.54, 1.807) is 0 Å². The van der Waals surface area contributed by atoms with Crippen molar-refractivity contribution in [3.05, 3.63) is 47.3 Å². The van der Waals surface area contributed by atoms with Gasteiger partial charge in [-0.15, -0.1) is 10.2 Å². The molecule has 3 heterocycles. The summed E-state index contributed by atoms with van der Waals surface area (Å²) >= 11 is 1.27. The molecule has 0 saturated carbocycles. The van der Waals surface area contributed by atoms with Crippen LogP contribution in [0.25, 0.3) is 5.78 Å². The maximum atomic E-state index is 13.0. The predicted octanol–water partition coefficient (Wildman–Crippen LogP) is 2.73. The van der Waals surface area contributed by atoms with E-state index in [0.29, 0.717) is 16.6 Å². The fraction of sp³-hybridized carbons (Fsp3) is 0.316. The van der Waals surface area contributed by atoms with Crippen LogP contribution in [-0.2, 0) is 16.0 Å². The van der Waals surface area contributed by atoms with Gasteiger partial charge in [-0.1, -0.05) is 36.9 Å². The van der Waals surface area contributed by atoms with Gasteiger partial charge in [-0.25, -0.2) is 9.88 Å². The van der Waals surface area contributed by atoms with Crippen LogP contribution in [0.5, 0.6) is 0 Å². The van der Waals surface area contributed by atoms with Crippen molar-refractivity contribution in [1.29, 1.82) is 0 Å². The minimum absolute atomic E-state index is 0.148. The second-order valence-corrected chi connectivity index (χ2v) is 7.69. The van der Waals surface area contributed by atoms with Gasteiger partial charge >= 0.3 is 0 Å². The predicted molar refractivity (Wildman–Crippen MR) is 103 cm³/mol. The van der Waals surface area contributed by atoms with E-state index in [4.69, 9.17) is 0 Å². The third kappa shape index (κ3) is 2.99. The number of imide groups is 1. The van der Waals surface area contributed by atoms with Crippen LogP contribution in [0.4, 0.5) is 5.69 Å². The number of thioether (sulfide) groups is 1. The molecule has 27 heavy (non-hydrogen) atoms. The van der Waals surface area contributed by atoms with Crippen molar-refractivity contribution in [3.8, 4) is 0 Å². The SMILES string of the molecule is CCc1ccccc1N1C(=O)C[C@H](Sc2nnc3nc(C)cc(C)n23)C1=O. The van der Waals surface area contributed by atoms with Crippen molar-refractivity contribution < 1.29 is 9.59 Å². The number of hydrogen-bond acceptors (Lipinski definition) is 6. The van der Waals surface area contributed by atoms with Gasteiger partial charge in [0.05, 0.1) is 5.69 Å². The number of para-hydroxylation sites is 1. The number of nitrogens with zero attached hydrogens (tertiary/aromatic N) is 5. The average Bonchev–Trinajstić information content (AvgIpc) is 3.16. The van der Waals surface area contributed by atoms with E-state index in [9.17, 15) is 9.59 Å². The molecule has 0 N–H and O–H groups in total. The molecule has 1 aliphatic rings. The van der Waals surface area contributed by atoms with Crippen LogP contribution in [0.15, 0.2) is 35.5 Å². The van der Waals surface area contributed by atoms with Gasteiger partial charge in [-0.3, -0.25) is 14.0 Å². The molecular formula is C19H19N5O2S. The minimum atomic E-state index is -0.518. The minimum Gasteiger partial charge on any atom is -0.274 e. The highest BCUT2D eigenvalue weighted by atomic mass is 32.2. The van der Waals surface area contributed by atoms with Crippen LogP contribution in [0, 0.1) is 13.8 Å². The maximum absolute atomic E-state index is 13.0. The highest BCUT2D eigenvalue weighted by Crippen LogP contribution is 2.35. The Kier molecular flexibility index (Phi) is 4.43. The normalized spacial score (nSPS) is 17.3. The smallest absolute Gasteiger partial charge is 0.256 e. The molecule has 0 aliphatic carbocycles. The molecule has 1 aromatic carbocycles. The first-order valence-electron chi connectivity index (χ1n) is 8.80. The van der Waals surface area contributed by atoms with E-state index in [0.717, 1.165) is 23.4 Å². The Labute approximate surface area is 160 Å². The number of aromatic nitrogens is 4. The zero-order valence-corrected chi connectivity index (χ0v) is 16.2. The van der Waals surface area contributed by atoms with Gasteiger partial charge in [-0.2, -0.15) is 0 Å². The number of anilines is 1. The Morgan fingerprint density at radius 3 is 2.74 bits per heavy atom. The lowest BCUT2D eigenvalue weighted by Gasteiger charge is -2.18. The Balaban J connectivity index is 1.65. The van der Waals surface area contributed by atoms with Gasteiger partial charge < -0.3 is 0 Å². The molecule has 0 spiro atoms. The first kappa shape index (κ1) is 17.7. The average molecular weight is 381 g/mol. The molecule has 0 bridgehead atoms. The van der Waals surface area contributed by atoms with Crippen LogP contribution in [0.1, 0.15) is 30.3 Å². The fourth-order valence-corrected chi connectivity index (χ4v) is 4.49. The van der Waals surface area contributed by atoms with Crippen molar-refractivity contribution in [3.63, 3.8) is 0 Å². The second kappa shape index (κ2) is 6.77. The number of benzene rings is 1. The Bertz CT molecular complexity index is 1060. The molecule has 1 atom stereocenters. The van der Waals surface area contributed by atoms with Crippen molar-refractivity contribution in [2.24, 2.45) is 0 Å². The number of amides is 2. The van der Waals surface area contributed by atoms with Crippen LogP contribution in [-0.4, -0.2) is 36.6 Å². The van der Waals surface area contributed by atoms with Crippen molar-refractivity contribution in [2.75, 3.05) is 4.90 Å². The quantitative estimate of drug-likeness (QED) is 0.647. The fourth-order valence-electron chi connectivity index (χ4n) is 3.38. The zero-order chi connectivity index (χ0) is 19.1.